The number of hydrogen-bond acceptors (Lipinski definition) is 7. The predicted octanol–water partition coefficient (Wildman–Crippen LogP) is 3.47. The minimum Gasteiger partial charge on any atom is -0.497 e. The molecular weight excluding hydrogens is 512 g/mol. The van der Waals surface area contributed by atoms with Crippen molar-refractivity contribution in [2.24, 2.45) is 11.8 Å². The molecule has 7 rings (SSSR count). The number of hydrogen-bond donors (Lipinski definition) is 1. The highest BCUT2D eigenvalue weighted by Crippen LogP contribution is 2.61. The van der Waals surface area contributed by atoms with Crippen molar-refractivity contribution in [2.75, 3.05) is 26.1 Å². The van der Waals surface area contributed by atoms with Crippen LogP contribution in [0.1, 0.15) is 41.0 Å². The molecule has 4 aliphatic rings. The van der Waals surface area contributed by atoms with Crippen LogP contribution in [0.4, 0.5) is 5.69 Å². The SMILES string of the molecule is COc1ccc(OC)c(NC(=O)COC(=O)[C@H](C)N2C(=O)[C@@H]3C4c5ccccc5C(c5ccccc54)[C@@H]3C2=O)c1. The van der Waals surface area contributed by atoms with E-state index in [0.29, 0.717) is 17.2 Å². The second kappa shape index (κ2) is 9.82. The molecule has 204 valence electrons. The molecule has 0 aromatic heterocycles. The molecule has 3 atom stereocenters. The Balaban J connectivity index is 1.19. The van der Waals surface area contributed by atoms with Crippen LogP contribution in [0.2, 0.25) is 0 Å². The minimum absolute atomic E-state index is 0.268. The van der Waals surface area contributed by atoms with Gasteiger partial charge in [-0.05, 0) is 41.3 Å². The van der Waals surface area contributed by atoms with E-state index in [1.807, 2.05) is 48.5 Å². The Labute approximate surface area is 231 Å². The van der Waals surface area contributed by atoms with Crippen LogP contribution in [0.15, 0.2) is 66.7 Å². The van der Waals surface area contributed by atoms with Crippen LogP contribution in [0.3, 0.4) is 0 Å². The van der Waals surface area contributed by atoms with Gasteiger partial charge in [-0.3, -0.25) is 19.3 Å². The molecule has 9 heteroatoms. The number of esters is 1. The van der Waals surface area contributed by atoms with E-state index in [-0.39, 0.29) is 23.7 Å². The van der Waals surface area contributed by atoms with E-state index < -0.39 is 36.4 Å². The summed E-state index contributed by atoms with van der Waals surface area (Å²) in [5, 5.41) is 2.63. The molecule has 3 aliphatic carbocycles. The number of carbonyl (C=O) groups is 4. The number of benzene rings is 3. The van der Waals surface area contributed by atoms with Crippen molar-refractivity contribution in [3.63, 3.8) is 0 Å². The fraction of sp³-hybridized carbons (Fsp3) is 0.290. The quantitative estimate of drug-likeness (QED) is 0.361. The van der Waals surface area contributed by atoms with E-state index >= 15 is 0 Å². The van der Waals surface area contributed by atoms with Crippen LogP contribution < -0.4 is 14.8 Å². The van der Waals surface area contributed by atoms with Crippen molar-refractivity contribution in [3.8, 4) is 11.5 Å². The molecule has 9 nitrogen and oxygen atoms in total. The number of rotatable bonds is 7. The Kier molecular flexibility index (Phi) is 6.29. The van der Waals surface area contributed by atoms with Crippen LogP contribution in [0.25, 0.3) is 0 Å². The summed E-state index contributed by atoms with van der Waals surface area (Å²) in [4.78, 5) is 54.3. The monoisotopic (exact) mass is 540 g/mol. The molecule has 3 aromatic carbocycles. The summed E-state index contributed by atoms with van der Waals surface area (Å²) in [5.41, 5.74) is 4.55. The Hall–Kier alpha value is -4.66. The van der Waals surface area contributed by atoms with E-state index in [1.54, 1.807) is 18.2 Å². The third-order valence-electron chi connectivity index (χ3n) is 8.24. The first kappa shape index (κ1) is 25.6. The van der Waals surface area contributed by atoms with Crippen molar-refractivity contribution in [3.05, 3.63) is 89.0 Å². The predicted molar refractivity (Wildman–Crippen MR) is 144 cm³/mol. The second-order valence-corrected chi connectivity index (χ2v) is 10.2. The number of nitrogens with zero attached hydrogens (tertiary/aromatic N) is 1. The average Bonchev–Trinajstić information content (AvgIpc) is 3.25. The average molecular weight is 541 g/mol. The van der Waals surface area contributed by atoms with Gasteiger partial charge >= 0.3 is 5.97 Å². The van der Waals surface area contributed by atoms with Crippen LogP contribution >= 0.6 is 0 Å². The van der Waals surface area contributed by atoms with Crippen LogP contribution in [0, 0.1) is 11.8 Å². The molecule has 2 bridgehead atoms. The Morgan fingerprint density at radius 2 is 1.35 bits per heavy atom. The second-order valence-electron chi connectivity index (χ2n) is 10.2. The van der Waals surface area contributed by atoms with Crippen LogP contribution in [0.5, 0.6) is 11.5 Å². The summed E-state index contributed by atoms with van der Waals surface area (Å²) in [6.45, 7) is 0.857. The number of anilines is 1. The van der Waals surface area contributed by atoms with Gasteiger partial charge in [-0.15, -0.1) is 0 Å². The first-order valence-corrected chi connectivity index (χ1v) is 13.1. The molecule has 0 saturated carbocycles. The van der Waals surface area contributed by atoms with Gasteiger partial charge in [0.1, 0.15) is 17.5 Å². The summed E-state index contributed by atoms with van der Waals surface area (Å²) in [5.74, 6) is -3.03. The highest BCUT2D eigenvalue weighted by atomic mass is 16.5. The van der Waals surface area contributed by atoms with E-state index in [2.05, 4.69) is 5.32 Å². The standard InChI is InChI=1S/C31H28N2O7/c1-16(31(37)40-15-24(34)32-22-14-17(38-2)12-13-23(22)39-3)33-29(35)27-25-18-8-4-5-9-19(18)26(28(27)30(33)36)21-11-7-6-10-20(21)25/h4-14,16,25-28H,15H2,1-3H3,(H,32,34)/t16-,25?,26?,27-,28+/m0/s1. The molecule has 40 heavy (non-hydrogen) atoms. The van der Waals surface area contributed by atoms with Gasteiger partial charge in [-0.1, -0.05) is 48.5 Å². The van der Waals surface area contributed by atoms with Crippen molar-refractivity contribution >= 4 is 29.4 Å². The third kappa shape index (κ3) is 3.84. The normalized spacial score (nSPS) is 22.6. The fourth-order valence-electron chi connectivity index (χ4n) is 6.54. The van der Waals surface area contributed by atoms with Gasteiger partial charge in [-0.2, -0.15) is 0 Å². The molecule has 1 aliphatic heterocycles. The number of methoxy groups -OCH3 is 2. The maximum atomic E-state index is 13.8. The van der Waals surface area contributed by atoms with Gasteiger partial charge < -0.3 is 19.5 Å². The molecule has 0 spiro atoms. The molecule has 1 heterocycles. The van der Waals surface area contributed by atoms with E-state index in [1.165, 1.54) is 21.1 Å². The largest absolute Gasteiger partial charge is 0.497 e. The fourth-order valence-corrected chi connectivity index (χ4v) is 6.54. The molecule has 1 N–H and O–H groups in total. The molecule has 1 fully saturated rings. The molecule has 1 saturated heterocycles. The van der Waals surface area contributed by atoms with Gasteiger partial charge in [0.05, 0.1) is 31.7 Å². The van der Waals surface area contributed by atoms with Crippen LogP contribution in [-0.2, 0) is 23.9 Å². The summed E-state index contributed by atoms with van der Waals surface area (Å²) in [6, 6.07) is 19.6. The topological polar surface area (TPSA) is 111 Å². The summed E-state index contributed by atoms with van der Waals surface area (Å²) in [7, 11) is 2.96. The lowest BCUT2D eigenvalue weighted by atomic mass is 9.55. The van der Waals surface area contributed by atoms with Gasteiger partial charge in [0, 0.05) is 17.9 Å². The van der Waals surface area contributed by atoms with E-state index in [0.717, 1.165) is 27.2 Å². The molecule has 0 radical (unpaired) electrons. The van der Waals surface area contributed by atoms with Gasteiger partial charge in [0.25, 0.3) is 5.91 Å². The van der Waals surface area contributed by atoms with Crippen molar-refractivity contribution in [2.45, 2.75) is 24.8 Å². The zero-order valence-electron chi connectivity index (χ0n) is 22.2. The van der Waals surface area contributed by atoms with E-state index in [4.69, 9.17) is 14.2 Å². The summed E-state index contributed by atoms with van der Waals surface area (Å²) >= 11 is 0. The number of imide groups is 1. The number of ether oxygens (including phenoxy) is 3. The third-order valence-corrected chi connectivity index (χ3v) is 8.24. The Morgan fingerprint density at radius 1 is 0.825 bits per heavy atom. The smallest absolute Gasteiger partial charge is 0.329 e. The van der Waals surface area contributed by atoms with Gasteiger partial charge in [0.15, 0.2) is 6.61 Å². The lowest BCUT2D eigenvalue weighted by molar-refractivity contribution is -0.159. The molecule has 0 unspecified atom stereocenters. The van der Waals surface area contributed by atoms with Gasteiger partial charge in [0.2, 0.25) is 11.8 Å². The van der Waals surface area contributed by atoms with Crippen molar-refractivity contribution in [1.82, 2.24) is 4.90 Å². The summed E-state index contributed by atoms with van der Waals surface area (Å²) in [6.07, 6.45) is 0. The first-order valence-electron chi connectivity index (χ1n) is 13.1. The molecular formula is C31H28N2O7. The number of carbonyl (C=O) groups excluding carboxylic acids is 4. The van der Waals surface area contributed by atoms with Crippen molar-refractivity contribution in [1.29, 1.82) is 0 Å². The van der Waals surface area contributed by atoms with Gasteiger partial charge in [-0.25, -0.2) is 4.79 Å². The lowest BCUT2D eigenvalue weighted by Crippen LogP contribution is -2.45. The number of likely N-dealkylation sites (tertiary alicyclic amines) is 1. The lowest BCUT2D eigenvalue weighted by Gasteiger charge is -2.45. The molecule has 3 aromatic rings. The van der Waals surface area contributed by atoms with E-state index in [9.17, 15) is 19.2 Å². The van der Waals surface area contributed by atoms with Crippen LogP contribution in [-0.4, -0.2) is 55.5 Å². The summed E-state index contributed by atoms with van der Waals surface area (Å²) < 4.78 is 15.7. The number of nitrogens with one attached hydrogen (secondary N) is 1. The maximum Gasteiger partial charge on any atom is 0.329 e. The number of amides is 3. The van der Waals surface area contributed by atoms with Crippen molar-refractivity contribution < 1.29 is 33.4 Å². The Bertz CT molecular complexity index is 1430. The molecule has 3 amide bonds. The minimum atomic E-state index is -1.18. The highest BCUT2D eigenvalue weighted by Gasteiger charge is 2.62. The first-order chi connectivity index (χ1) is 19.3. The highest BCUT2D eigenvalue weighted by molar-refractivity contribution is 6.10. The maximum absolute atomic E-state index is 13.8. The zero-order chi connectivity index (χ0) is 28.1. The Morgan fingerprint density at radius 3 is 1.82 bits per heavy atom. The zero-order valence-corrected chi connectivity index (χ0v) is 22.2.